The fraction of sp³-hybridized carbons (Fsp3) is 0.438. The van der Waals surface area contributed by atoms with Crippen molar-refractivity contribution in [2.24, 2.45) is 0 Å². The normalized spacial score (nSPS) is 9.96. The van der Waals surface area contributed by atoms with Gasteiger partial charge in [0.2, 0.25) is 5.91 Å². The van der Waals surface area contributed by atoms with Crippen LogP contribution >= 0.6 is 11.8 Å². The number of benzene rings is 1. The molecule has 0 aliphatic rings. The summed E-state index contributed by atoms with van der Waals surface area (Å²) >= 11 is 1.48. The van der Waals surface area contributed by atoms with Crippen molar-refractivity contribution in [1.29, 1.82) is 0 Å². The summed E-state index contributed by atoms with van der Waals surface area (Å²) in [5, 5.41) is 5.25. The lowest BCUT2D eigenvalue weighted by Gasteiger charge is -2.07. The van der Waals surface area contributed by atoms with Crippen LogP contribution in [0.3, 0.4) is 0 Å². The van der Waals surface area contributed by atoms with Gasteiger partial charge in [0.1, 0.15) is 12.4 Å². The van der Waals surface area contributed by atoms with E-state index in [2.05, 4.69) is 10.6 Å². The van der Waals surface area contributed by atoms with Gasteiger partial charge in [-0.2, -0.15) is 11.8 Å². The zero-order valence-electron chi connectivity index (χ0n) is 13.2. The molecule has 0 aliphatic heterocycles. The number of hydrogen-bond acceptors (Lipinski definition) is 5. The molecule has 6 nitrogen and oxygen atoms in total. The second-order valence-corrected chi connectivity index (χ2v) is 5.95. The van der Waals surface area contributed by atoms with Crippen LogP contribution in [0.2, 0.25) is 0 Å². The number of alkyl carbamates (subject to hydrolysis) is 1. The van der Waals surface area contributed by atoms with Crippen molar-refractivity contribution >= 4 is 29.5 Å². The third kappa shape index (κ3) is 10.4. The van der Waals surface area contributed by atoms with E-state index in [1.807, 2.05) is 30.3 Å². The minimum Gasteiger partial charge on any atom is -0.445 e. The molecule has 1 aromatic rings. The molecule has 0 fully saturated rings. The minimum atomic E-state index is -0.543. The Bertz CT molecular complexity index is 508. The van der Waals surface area contributed by atoms with Crippen LogP contribution in [0.4, 0.5) is 4.79 Å². The number of thioether (sulfide) groups is 1. The lowest BCUT2D eigenvalue weighted by molar-refractivity contribution is -0.120. The van der Waals surface area contributed by atoms with Gasteiger partial charge in [0.15, 0.2) is 0 Å². The number of nitrogens with one attached hydrogen (secondary N) is 2. The van der Waals surface area contributed by atoms with Crippen molar-refractivity contribution in [3.05, 3.63) is 35.9 Å². The summed E-state index contributed by atoms with van der Waals surface area (Å²) < 4.78 is 5.03. The van der Waals surface area contributed by atoms with Crippen LogP contribution in [0.5, 0.6) is 0 Å². The summed E-state index contributed by atoms with van der Waals surface area (Å²) in [6.07, 6.45) is -0.351. The van der Waals surface area contributed by atoms with Gasteiger partial charge in [-0.15, -0.1) is 0 Å². The maximum absolute atomic E-state index is 11.5. The predicted octanol–water partition coefficient (Wildman–Crippen LogP) is 1.74. The van der Waals surface area contributed by atoms with Gasteiger partial charge in [0.25, 0.3) is 0 Å². The molecule has 1 rings (SSSR count). The molecule has 2 N–H and O–H groups in total. The number of Topliss-reactive ketones (excluding diaryl/α,β-unsaturated/α-hetero) is 1. The van der Waals surface area contributed by atoms with Gasteiger partial charge in [0, 0.05) is 25.3 Å². The molecule has 2 amide bonds. The third-order valence-electron chi connectivity index (χ3n) is 2.71. The highest BCUT2D eigenvalue weighted by Crippen LogP contribution is 2.00. The Morgan fingerprint density at radius 3 is 2.52 bits per heavy atom. The topological polar surface area (TPSA) is 84.5 Å². The van der Waals surface area contributed by atoms with Crippen molar-refractivity contribution in [3.63, 3.8) is 0 Å². The van der Waals surface area contributed by atoms with Crippen LogP contribution in [0.15, 0.2) is 30.3 Å². The van der Waals surface area contributed by atoms with E-state index in [1.165, 1.54) is 18.7 Å². The summed E-state index contributed by atoms with van der Waals surface area (Å²) in [7, 11) is 0. The van der Waals surface area contributed by atoms with Crippen molar-refractivity contribution in [1.82, 2.24) is 10.6 Å². The smallest absolute Gasteiger partial charge is 0.407 e. The third-order valence-corrected chi connectivity index (χ3v) is 3.81. The molecule has 0 atom stereocenters. The first kappa shape index (κ1) is 19.0. The van der Waals surface area contributed by atoms with E-state index in [-0.39, 0.29) is 31.3 Å². The van der Waals surface area contributed by atoms with E-state index in [1.54, 1.807) is 0 Å². The molecule has 0 saturated heterocycles. The van der Waals surface area contributed by atoms with Crippen LogP contribution in [0.25, 0.3) is 0 Å². The van der Waals surface area contributed by atoms with Crippen molar-refractivity contribution in [3.8, 4) is 0 Å². The molecular weight excluding hydrogens is 316 g/mol. The fourth-order valence-electron chi connectivity index (χ4n) is 1.62. The van der Waals surface area contributed by atoms with Crippen LogP contribution in [-0.2, 0) is 20.9 Å². The fourth-order valence-corrected chi connectivity index (χ4v) is 2.30. The average Bonchev–Trinajstić information content (AvgIpc) is 2.53. The minimum absolute atomic E-state index is 0.125. The number of ketones is 1. The number of carbonyl (C=O) groups is 3. The molecule has 126 valence electrons. The monoisotopic (exact) mass is 338 g/mol. The SMILES string of the molecule is CC(=O)CSCCNC(=O)CCNC(=O)OCc1ccccc1. The summed E-state index contributed by atoms with van der Waals surface area (Å²) in [5.41, 5.74) is 0.906. The quantitative estimate of drug-likeness (QED) is 0.635. The highest BCUT2D eigenvalue weighted by molar-refractivity contribution is 7.99. The number of rotatable bonds is 10. The first-order chi connectivity index (χ1) is 11.1. The summed E-state index contributed by atoms with van der Waals surface area (Å²) in [5.74, 6) is 1.14. The lowest BCUT2D eigenvalue weighted by atomic mass is 10.2. The molecule has 0 heterocycles. The zero-order chi connectivity index (χ0) is 16.9. The van der Waals surface area contributed by atoms with Crippen molar-refractivity contribution in [2.45, 2.75) is 20.0 Å². The lowest BCUT2D eigenvalue weighted by Crippen LogP contribution is -2.32. The van der Waals surface area contributed by atoms with Gasteiger partial charge >= 0.3 is 6.09 Å². The van der Waals surface area contributed by atoms with E-state index in [0.29, 0.717) is 18.1 Å². The Kier molecular flexibility index (Phi) is 9.54. The summed E-state index contributed by atoms with van der Waals surface area (Å²) in [4.78, 5) is 33.7. The number of hydrogen-bond donors (Lipinski definition) is 2. The highest BCUT2D eigenvalue weighted by atomic mass is 32.2. The Hall–Kier alpha value is -2.02. The van der Waals surface area contributed by atoms with E-state index < -0.39 is 6.09 Å². The Morgan fingerprint density at radius 1 is 1.09 bits per heavy atom. The Labute approximate surface area is 140 Å². The molecule has 0 aromatic heterocycles. The molecule has 0 saturated carbocycles. The summed E-state index contributed by atoms with van der Waals surface area (Å²) in [6, 6.07) is 9.36. The van der Waals surface area contributed by atoms with Crippen LogP contribution in [0.1, 0.15) is 18.9 Å². The van der Waals surface area contributed by atoms with Gasteiger partial charge in [-0.3, -0.25) is 9.59 Å². The molecule has 7 heteroatoms. The molecule has 0 unspecified atom stereocenters. The standard InChI is InChI=1S/C16H22N2O4S/c1-13(19)12-23-10-9-17-15(20)7-8-18-16(21)22-11-14-5-3-2-4-6-14/h2-6H,7-12H2,1H3,(H,17,20)(H,18,21). The largest absolute Gasteiger partial charge is 0.445 e. The van der Waals surface area contributed by atoms with Gasteiger partial charge in [-0.05, 0) is 12.5 Å². The van der Waals surface area contributed by atoms with Gasteiger partial charge in [-0.1, -0.05) is 30.3 Å². The van der Waals surface area contributed by atoms with E-state index in [9.17, 15) is 14.4 Å². The van der Waals surface area contributed by atoms with Crippen LogP contribution in [0, 0.1) is 0 Å². The van der Waals surface area contributed by atoms with E-state index in [4.69, 9.17) is 4.74 Å². The zero-order valence-corrected chi connectivity index (χ0v) is 14.0. The van der Waals surface area contributed by atoms with E-state index in [0.717, 1.165) is 5.56 Å². The van der Waals surface area contributed by atoms with Crippen molar-refractivity contribution in [2.75, 3.05) is 24.6 Å². The summed E-state index contributed by atoms with van der Waals surface area (Å²) in [6.45, 7) is 2.47. The second-order valence-electron chi connectivity index (χ2n) is 4.84. The molecular formula is C16H22N2O4S. The van der Waals surface area contributed by atoms with E-state index >= 15 is 0 Å². The number of ether oxygens (including phenoxy) is 1. The maximum Gasteiger partial charge on any atom is 0.407 e. The molecule has 23 heavy (non-hydrogen) atoms. The highest BCUT2D eigenvalue weighted by Gasteiger charge is 2.05. The number of amides is 2. The molecule has 0 aliphatic carbocycles. The Morgan fingerprint density at radius 2 is 1.83 bits per heavy atom. The van der Waals surface area contributed by atoms with Gasteiger partial charge < -0.3 is 15.4 Å². The van der Waals surface area contributed by atoms with Crippen molar-refractivity contribution < 1.29 is 19.1 Å². The molecule has 0 bridgehead atoms. The first-order valence-electron chi connectivity index (χ1n) is 7.36. The molecule has 0 radical (unpaired) electrons. The van der Waals surface area contributed by atoms with Crippen LogP contribution < -0.4 is 10.6 Å². The maximum atomic E-state index is 11.5. The number of carbonyl (C=O) groups excluding carboxylic acids is 3. The van der Waals surface area contributed by atoms with Gasteiger partial charge in [-0.25, -0.2) is 4.79 Å². The predicted molar refractivity (Wildman–Crippen MR) is 90.3 cm³/mol. The molecule has 1 aromatic carbocycles. The molecule has 0 spiro atoms. The average molecular weight is 338 g/mol. The first-order valence-corrected chi connectivity index (χ1v) is 8.52. The second kappa shape index (κ2) is 11.5. The Balaban J connectivity index is 2.01. The van der Waals surface area contributed by atoms with Gasteiger partial charge in [0.05, 0.1) is 5.75 Å². The van der Waals surface area contributed by atoms with Crippen LogP contribution in [-0.4, -0.2) is 42.4 Å².